The first-order valence-corrected chi connectivity index (χ1v) is 11.5. The molecule has 0 bridgehead atoms. The highest BCUT2D eigenvalue weighted by Gasteiger charge is 2.40. The number of hydrogen-bond acceptors (Lipinski definition) is 6. The second kappa shape index (κ2) is 10.4. The van der Waals surface area contributed by atoms with E-state index in [0.717, 1.165) is 70.5 Å². The Labute approximate surface area is 181 Å². The van der Waals surface area contributed by atoms with E-state index >= 15 is 0 Å². The van der Waals surface area contributed by atoms with Crippen LogP contribution in [0.2, 0.25) is 0 Å². The van der Waals surface area contributed by atoms with E-state index in [2.05, 4.69) is 38.9 Å². The molecule has 168 valence electrons. The smallest absolute Gasteiger partial charge is 0.317 e. The maximum Gasteiger partial charge on any atom is 0.317 e. The molecular formula is C22H39N7O. The quantitative estimate of drug-likeness (QED) is 0.668. The van der Waals surface area contributed by atoms with Gasteiger partial charge in [-0.25, -0.2) is 14.8 Å². The highest BCUT2D eigenvalue weighted by atomic mass is 16.2. The zero-order valence-corrected chi connectivity index (χ0v) is 19.1. The number of rotatable bonds is 8. The Morgan fingerprint density at radius 2 is 2.03 bits per heavy atom. The number of nitrogens with zero attached hydrogens (tertiary/aromatic N) is 5. The standard InChI is InChI=1S/C22H39N7O/c1-5-7-28(10-9-27(3)4)22(30)25-18-11-16-12-19-17(14-24-21(23)26-19)13-20(16)29(15-18)8-6-2/h14,16,18,20H,5-13,15H2,1-4H3,(H,25,30)(H2,23,24,26)/t16-,18+,20-/m1/s1. The van der Waals surface area contributed by atoms with Crippen molar-refractivity contribution in [2.75, 3.05) is 52.6 Å². The summed E-state index contributed by atoms with van der Waals surface area (Å²) in [6, 6.07) is 0.740. The molecule has 1 saturated heterocycles. The summed E-state index contributed by atoms with van der Waals surface area (Å²) in [6.07, 6.45) is 6.87. The second-order valence-electron chi connectivity index (χ2n) is 9.10. The second-order valence-corrected chi connectivity index (χ2v) is 9.10. The van der Waals surface area contributed by atoms with E-state index in [-0.39, 0.29) is 12.1 Å². The Balaban J connectivity index is 1.69. The number of aromatic nitrogens is 2. The Bertz CT molecular complexity index is 711. The van der Waals surface area contributed by atoms with Crippen LogP contribution in [0.15, 0.2) is 6.20 Å². The molecule has 3 N–H and O–H groups in total. The van der Waals surface area contributed by atoms with Crippen molar-refractivity contribution in [1.29, 1.82) is 0 Å². The maximum atomic E-state index is 13.0. The number of likely N-dealkylation sites (N-methyl/N-ethyl adjacent to an activating group) is 1. The molecule has 30 heavy (non-hydrogen) atoms. The first-order chi connectivity index (χ1) is 14.4. The average Bonchev–Trinajstić information content (AvgIpc) is 2.69. The number of likely N-dealkylation sites (tertiary alicyclic amines) is 1. The molecule has 1 aromatic rings. The van der Waals surface area contributed by atoms with Gasteiger partial charge in [-0.1, -0.05) is 13.8 Å². The van der Waals surface area contributed by atoms with Crippen LogP contribution in [0, 0.1) is 5.92 Å². The van der Waals surface area contributed by atoms with Crippen molar-refractivity contribution in [1.82, 2.24) is 30.0 Å². The minimum Gasteiger partial charge on any atom is -0.368 e. The van der Waals surface area contributed by atoms with Gasteiger partial charge >= 0.3 is 6.03 Å². The lowest BCUT2D eigenvalue weighted by Gasteiger charge is -2.47. The number of carbonyl (C=O) groups is 1. The molecule has 0 radical (unpaired) electrons. The van der Waals surface area contributed by atoms with Crippen molar-refractivity contribution in [3.8, 4) is 0 Å². The Hall–Kier alpha value is -1.93. The minimum absolute atomic E-state index is 0.0707. The predicted octanol–water partition coefficient (Wildman–Crippen LogP) is 1.61. The first-order valence-electron chi connectivity index (χ1n) is 11.5. The molecule has 8 heteroatoms. The van der Waals surface area contributed by atoms with Crippen LogP contribution in [0.3, 0.4) is 0 Å². The number of carbonyl (C=O) groups excluding carboxylic acids is 1. The van der Waals surface area contributed by atoms with Crippen molar-refractivity contribution in [3.63, 3.8) is 0 Å². The van der Waals surface area contributed by atoms with E-state index in [0.29, 0.717) is 17.9 Å². The number of hydrogen-bond donors (Lipinski definition) is 2. The number of nitrogens with two attached hydrogens (primary N) is 1. The van der Waals surface area contributed by atoms with E-state index in [1.165, 1.54) is 5.56 Å². The molecular weight excluding hydrogens is 378 g/mol. The fourth-order valence-electron chi connectivity index (χ4n) is 4.93. The molecule has 1 aromatic heterocycles. The fraction of sp³-hybridized carbons (Fsp3) is 0.773. The zero-order chi connectivity index (χ0) is 21.7. The van der Waals surface area contributed by atoms with Crippen LogP contribution in [-0.4, -0.2) is 89.6 Å². The fourth-order valence-corrected chi connectivity index (χ4v) is 4.93. The van der Waals surface area contributed by atoms with Gasteiger partial charge in [0.05, 0.1) is 0 Å². The molecule has 1 aliphatic heterocycles. The summed E-state index contributed by atoms with van der Waals surface area (Å²) in [5, 5.41) is 3.35. The number of fused-ring (bicyclic) bond motifs is 2. The highest BCUT2D eigenvalue weighted by molar-refractivity contribution is 5.74. The molecule has 1 fully saturated rings. The third kappa shape index (κ3) is 5.60. The van der Waals surface area contributed by atoms with Gasteiger partial charge < -0.3 is 20.9 Å². The summed E-state index contributed by atoms with van der Waals surface area (Å²) >= 11 is 0. The van der Waals surface area contributed by atoms with E-state index in [1.807, 2.05) is 25.2 Å². The van der Waals surface area contributed by atoms with Crippen molar-refractivity contribution >= 4 is 12.0 Å². The Morgan fingerprint density at radius 3 is 2.73 bits per heavy atom. The highest BCUT2D eigenvalue weighted by Crippen LogP contribution is 2.34. The van der Waals surface area contributed by atoms with Gasteiger partial charge in [0.2, 0.25) is 5.95 Å². The van der Waals surface area contributed by atoms with Gasteiger partial charge in [0, 0.05) is 50.2 Å². The van der Waals surface area contributed by atoms with Gasteiger partial charge in [-0.2, -0.15) is 0 Å². The van der Waals surface area contributed by atoms with Gasteiger partial charge in [-0.05, 0) is 64.2 Å². The number of anilines is 1. The van der Waals surface area contributed by atoms with Gasteiger partial charge in [0.1, 0.15) is 0 Å². The molecule has 3 rings (SSSR count). The number of amides is 2. The average molecular weight is 418 g/mol. The summed E-state index contributed by atoms with van der Waals surface area (Å²) in [6.45, 7) is 8.74. The van der Waals surface area contributed by atoms with Crippen LogP contribution in [0.25, 0.3) is 0 Å². The number of urea groups is 1. The molecule has 3 atom stereocenters. The van der Waals surface area contributed by atoms with E-state index in [1.54, 1.807) is 0 Å². The summed E-state index contributed by atoms with van der Waals surface area (Å²) in [7, 11) is 4.09. The molecule has 2 aliphatic rings. The lowest BCUT2D eigenvalue weighted by molar-refractivity contribution is 0.0623. The van der Waals surface area contributed by atoms with Gasteiger partial charge in [-0.3, -0.25) is 4.90 Å². The molecule has 2 amide bonds. The lowest BCUT2D eigenvalue weighted by atomic mass is 9.76. The van der Waals surface area contributed by atoms with Gasteiger partial charge in [0.15, 0.2) is 0 Å². The SMILES string of the molecule is CCCN(CCN(C)C)C(=O)N[C@H]1C[C@@H]2Cc3nc(N)ncc3C[C@H]2N(CCC)C1. The van der Waals surface area contributed by atoms with E-state index in [9.17, 15) is 4.79 Å². The molecule has 8 nitrogen and oxygen atoms in total. The van der Waals surface area contributed by atoms with Crippen LogP contribution < -0.4 is 11.1 Å². The largest absolute Gasteiger partial charge is 0.368 e. The Kier molecular flexibility index (Phi) is 7.88. The molecule has 0 spiro atoms. The van der Waals surface area contributed by atoms with E-state index < -0.39 is 0 Å². The zero-order valence-electron chi connectivity index (χ0n) is 19.1. The van der Waals surface area contributed by atoms with Gasteiger partial charge in [-0.15, -0.1) is 0 Å². The normalized spacial score (nSPS) is 23.7. The molecule has 0 saturated carbocycles. The molecule has 0 aromatic carbocycles. The molecule has 1 aliphatic carbocycles. The van der Waals surface area contributed by atoms with Crippen LogP contribution in [0.4, 0.5) is 10.7 Å². The number of piperidine rings is 1. The first kappa shape index (κ1) is 22.7. The predicted molar refractivity (Wildman–Crippen MR) is 120 cm³/mol. The van der Waals surface area contributed by atoms with Gasteiger partial charge in [0.25, 0.3) is 0 Å². The number of nitrogens with one attached hydrogen (secondary N) is 1. The third-order valence-electron chi connectivity index (χ3n) is 6.35. The van der Waals surface area contributed by atoms with E-state index in [4.69, 9.17) is 5.73 Å². The maximum absolute atomic E-state index is 13.0. The van der Waals surface area contributed by atoms with Crippen molar-refractivity contribution < 1.29 is 4.79 Å². The topological polar surface area (TPSA) is 90.6 Å². The molecule has 0 unspecified atom stereocenters. The van der Waals surface area contributed by atoms with Crippen molar-refractivity contribution in [3.05, 3.63) is 17.5 Å². The summed E-state index contributed by atoms with van der Waals surface area (Å²) in [5.41, 5.74) is 8.15. The summed E-state index contributed by atoms with van der Waals surface area (Å²) in [4.78, 5) is 28.4. The van der Waals surface area contributed by atoms with Crippen LogP contribution >= 0.6 is 0 Å². The molecule has 2 heterocycles. The lowest BCUT2D eigenvalue weighted by Crippen LogP contribution is -2.59. The minimum atomic E-state index is 0.0707. The van der Waals surface area contributed by atoms with Crippen LogP contribution in [0.1, 0.15) is 44.4 Å². The third-order valence-corrected chi connectivity index (χ3v) is 6.35. The summed E-state index contributed by atoms with van der Waals surface area (Å²) in [5.74, 6) is 0.841. The van der Waals surface area contributed by atoms with Crippen molar-refractivity contribution in [2.45, 2.75) is 58.0 Å². The van der Waals surface area contributed by atoms with Crippen LogP contribution in [-0.2, 0) is 12.8 Å². The Morgan fingerprint density at radius 1 is 1.23 bits per heavy atom. The monoisotopic (exact) mass is 417 g/mol. The van der Waals surface area contributed by atoms with Crippen LogP contribution in [0.5, 0.6) is 0 Å². The number of nitrogen functional groups attached to an aromatic ring is 1. The van der Waals surface area contributed by atoms with Crippen molar-refractivity contribution in [2.24, 2.45) is 5.92 Å². The summed E-state index contributed by atoms with van der Waals surface area (Å²) < 4.78 is 0.